The molecule has 0 aromatic carbocycles. The first kappa shape index (κ1) is 13.2. The van der Waals surface area contributed by atoms with E-state index in [2.05, 4.69) is 25.7 Å². The van der Waals surface area contributed by atoms with Gasteiger partial charge in [0.25, 0.3) is 0 Å². The number of aromatic nitrogens is 1. The van der Waals surface area contributed by atoms with Gasteiger partial charge in [-0.1, -0.05) is 0 Å². The molecule has 0 fully saturated rings. The monoisotopic (exact) mass is 311 g/mol. The maximum absolute atomic E-state index is 11.9. The molecule has 0 N–H and O–H groups in total. The Hall–Kier alpha value is -1.89. The molecule has 1 heterocycles. The molecule has 0 saturated carbocycles. The number of nitro groups is 1. The maximum atomic E-state index is 11.9. The Balaban J connectivity index is 3.32. The number of halogens is 4. The lowest BCUT2D eigenvalue weighted by Crippen LogP contribution is -2.18. The van der Waals surface area contributed by atoms with Crippen LogP contribution in [-0.4, -0.2) is 16.3 Å². The highest BCUT2D eigenvalue weighted by Gasteiger charge is 2.35. The van der Waals surface area contributed by atoms with Crippen molar-refractivity contribution in [2.75, 3.05) is 0 Å². The van der Waals surface area contributed by atoms with Gasteiger partial charge in [-0.15, -0.1) is 13.2 Å². The minimum Gasteiger partial charge on any atom is -0.366 e. The topological polar surface area (TPSA) is 89.0 Å². The van der Waals surface area contributed by atoms with Crippen molar-refractivity contribution in [2.45, 2.75) is 6.36 Å². The zero-order valence-corrected chi connectivity index (χ0v) is 9.24. The summed E-state index contributed by atoms with van der Waals surface area (Å²) in [7, 11) is 0. The third-order valence-electron chi connectivity index (χ3n) is 1.43. The summed E-state index contributed by atoms with van der Waals surface area (Å²) in [6.45, 7) is 0. The Morgan fingerprint density at radius 3 is 2.59 bits per heavy atom. The molecule has 0 atom stereocenters. The third-order valence-corrected chi connectivity index (χ3v) is 2.21. The van der Waals surface area contributed by atoms with E-state index in [0.717, 1.165) is 0 Å². The normalized spacial score (nSPS) is 10.8. The van der Waals surface area contributed by atoms with Crippen molar-refractivity contribution in [3.8, 4) is 11.9 Å². The van der Waals surface area contributed by atoms with Gasteiger partial charge in [0.2, 0.25) is 0 Å². The zero-order chi connectivity index (χ0) is 13.2. The molecule has 17 heavy (non-hydrogen) atoms. The van der Waals surface area contributed by atoms with E-state index >= 15 is 0 Å². The van der Waals surface area contributed by atoms with Gasteiger partial charge in [0.1, 0.15) is 10.5 Å². The van der Waals surface area contributed by atoms with Crippen molar-refractivity contribution in [3.63, 3.8) is 0 Å². The molecule has 0 aliphatic carbocycles. The first-order valence-corrected chi connectivity index (χ1v) is 4.54. The van der Waals surface area contributed by atoms with E-state index in [1.165, 1.54) is 6.07 Å². The van der Waals surface area contributed by atoms with E-state index in [-0.39, 0.29) is 10.0 Å². The molecule has 0 amide bonds. The van der Waals surface area contributed by atoms with E-state index in [1.807, 2.05) is 0 Å². The van der Waals surface area contributed by atoms with Gasteiger partial charge in [0.05, 0.1) is 5.56 Å². The van der Waals surface area contributed by atoms with Crippen molar-refractivity contribution >= 4 is 21.7 Å². The number of hydrogen-bond acceptors (Lipinski definition) is 5. The standard InChI is InChI=1S/C7HBrF3N3O3/c8-5-3(2-12)1-4(17-7(9,10)11)13-6(5)14(15)16/h1H. The smallest absolute Gasteiger partial charge is 0.366 e. The number of nitrogens with zero attached hydrogens (tertiary/aromatic N) is 3. The highest BCUT2D eigenvalue weighted by molar-refractivity contribution is 9.10. The Kier molecular flexibility index (Phi) is 3.52. The summed E-state index contributed by atoms with van der Waals surface area (Å²) < 4.78 is 38.7. The fourth-order valence-corrected chi connectivity index (χ4v) is 1.30. The van der Waals surface area contributed by atoms with Crippen LogP contribution in [0.4, 0.5) is 19.0 Å². The first-order chi connectivity index (χ1) is 7.74. The number of hydrogen-bond donors (Lipinski definition) is 0. The summed E-state index contributed by atoms with van der Waals surface area (Å²) in [4.78, 5) is 12.5. The quantitative estimate of drug-likeness (QED) is 0.618. The van der Waals surface area contributed by atoms with E-state index < -0.39 is 23.0 Å². The van der Waals surface area contributed by atoms with Crippen LogP contribution in [0.5, 0.6) is 5.88 Å². The van der Waals surface area contributed by atoms with Gasteiger partial charge < -0.3 is 14.9 Å². The van der Waals surface area contributed by atoms with Crippen LogP contribution in [0.1, 0.15) is 5.56 Å². The van der Waals surface area contributed by atoms with E-state index in [9.17, 15) is 23.3 Å². The van der Waals surface area contributed by atoms with Gasteiger partial charge in [-0.3, -0.25) is 0 Å². The summed E-state index contributed by atoms with van der Waals surface area (Å²) in [6.07, 6.45) is -5.04. The highest BCUT2D eigenvalue weighted by atomic mass is 79.9. The highest BCUT2D eigenvalue weighted by Crippen LogP contribution is 2.31. The molecule has 1 aromatic rings. The van der Waals surface area contributed by atoms with Crippen LogP contribution in [0.25, 0.3) is 0 Å². The molecule has 90 valence electrons. The predicted molar refractivity (Wildman–Crippen MR) is 50.0 cm³/mol. The van der Waals surface area contributed by atoms with Crippen LogP contribution in [0.15, 0.2) is 10.5 Å². The molecule has 0 saturated heterocycles. The fourth-order valence-electron chi connectivity index (χ4n) is 0.866. The number of alkyl halides is 3. The maximum Gasteiger partial charge on any atom is 0.575 e. The summed E-state index contributed by atoms with van der Waals surface area (Å²) in [6, 6.07) is 2.12. The molecular weight excluding hydrogens is 311 g/mol. The Labute approximate surface area is 99.9 Å². The Morgan fingerprint density at radius 2 is 2.18 bits per heavy atom. The molecule has 0 aliphatic heterocycles. The summed E-state index contributed by atoms with van der Waals surface area (Å²) in [5.41, 5.74) is -0.383. The van der Waals surface area contributed by atoms with Crippen molar-refractivity contribution in [2.24, 2.45) is 0 Å². The predicted octanol–water partition coefficient (Wildman–Crippen LogP) is 2.52. The number of nitriles is 1. The van der Waals surface area contributed by atoms with Gasteiger partial charge in [-0.25, -0.2) is 0 Å². The van der Waals surface area contributed by atoms with Gasteiger partial charge in [-0.2, -0.15) is 5.26 Å². The van der Waals surface area contributed by atoms with Crippen molar-refractivity contribution in [1.82, 2.24) is 4.98 Å². The SMILES string of the molecule is N#Cc1cc(OC(F)(F)F)nc([N+](=O)[O-])c1Br. The van der Waals surface area contributed by atoms with Crippen LogP contribution in [0.3, 0.4) is 0 Å². The van der Waals surface area contributed by atoms with E-state index in [1.54, 1.807) is 0 Å². The molecule has 1 rings (SSSR count). The fraction of sp³-hybridized carbons (Fsp3) is 0.143. The molecule has 0 spiro atoms. The van der Waals surface area contributed by atoms with Gasteiger partial charge in [0.15, 0.2) is 0 Å². The summed E-state index contributed by atoms with van der Waals surface area (Å²) >= 11 is 2.69. The molecule has 0 aliphatic rings. The number of ether oxygens (including phenoxy) is 1. The molecule has 0 bridgehead atoms. The second kappa shape index (κ2) is 4.54. The average Bonchev–Trinajstić information content (AvgIpc) is 2.17. The van der Waals surface area contributed by atoms with Gasteiger partial charge in [0, 0.05) is 11.1 Å². The van der Waals surface area contributed by atoms with Crippen LogP contribution in [0, 0.1) is 21.4 Å². The first-order valence-electron chi connectivity index (χ1n) is 3.75. The van der Waals surface area contributed by atoms with Gasteiger partial charge >= 0.3 is 18.1 Å². The summed E-state index contributed by atoms with van der Waals surface area (Å²) in [5.74, 6) is -1.99. The Morgan fingerprint density at radius 1 is 1.59 bits per heavy atom. The Bertz CT molecular complexity index is 512. The van der Waals surface area contributed by atoms with Crippen LogP contribution in [0.2, 0.25) is 0 Å². The largest absolute Gasteiger partial charge is 0.575 e. The van der Waals surface area contributed by atoms with E-state index in [0.29, 0.717) is 6.07 Å². The summed E-state index contributed by atoms with van der Waals surface area (Å²) in [5, 5.41) is 19.1. The van der Waals surface area contributed by atoms with Crippen molar-refractivity contribution in [3.05, 3.63) is 26.2 Å². The van der Waals surface area contributed by atoms with E-state index in [4.69, 9.17) is 5.26 Å². The molecule has 0 unspecified atom stereocenters. The number of pyridine rings is 1. The minimum atomic E-state index is -5.04. The van der Waals surface area contributed by atoms with Crippen LogP contribution < -0.4 is 4.74 Å². The van der Waals surface area contributed by atoms with Gasteiger partial charge in [-0.05, 0) is 20.9 Å². The van der Waals surface area contributed by atoms with Crippen LogP contribution >= 0.6 is 15.9 Å². The molecule has 10 heteroatoms. The molecule has 0 radical (unpaired) electrons. The zero-order valence-electron chi connectivity index (χ0n) is 7.66. The third kappa shape index (κ3) is 3.28. The molecule has 6 nitrogen and oxygen atoms in total. The average molecular weight is 312 g/mol. The lowest BCUT2D eigenvalue weighted by molar-refractivity contribution is -0.390. The lowest BCUT2D eigenvalue weighted by atomic mass is 10.3. The lowest BCUT2D eigenvalue weighted by Gasteiger charge is -2.05. The van der Waals surface area contributed by atoms with Crippen LogP contribution in [-0.2, 0) is 0 Å². The molecule has 1 aromatic heterocycles. The minimum absolute atomic E-state index is 0.306. The van der Waals surface area contributed by atoms with Crippen molar-refractivity contribution in [1.29, 1.82) is 5.26 Å². The van der Waals surface area contributed by atoms with Crippen molar-refractivity contribution < 1.29 is 22.8 Å². The second-order valence-electron chi connectivity index (χ2n) is 2.56. The number of rotatable bonds is 2. The molecular formula is C7HBrF3N3O3. The second-order valence-corrected chi connectivity index (χ2v) is 3.36.